The number of halogens is 1. The Kier molecular flexibility index (Phi) is 7.86. The van der Waals surface area contributed by atoms with Crippen molar-refractivity contribution in [1.29, 1.82) is 0 Å². The van der Waals surface area contributed by atoms with Gasteiger partial charge in [0.1, 0.15) is 0 Å². The second-order valence-corrected chi connectivity index (χ2v) is 4.36. The number of hydrogen-bond acceptors (Lipinski definition) is 3. The Morgan fingerprint density at radius 1 is 1.26 bits per heavy atom. The van der Waals surface area contributed by atoms with Crippen LogP contribution in [0.3, 0.4) is 0 Å². The molecule has 0 bridgehead atoms. The van der Waals surface area contributed by atoms with Crippen molar-refractivity contribution < 1.29 is 14.3 Å². The average molecular weight is 325 g/mol. The molecule has 3 nitrogen and oxygen atoms in total. The summed E-state index contributed by atoms with van der Waals surface area (Å²) >= 11 is 3.28. The summed E-state index contributed by atoms with van der Waals surface area (Å²) in [7, 11) is 1.37. The van der Waals surface area contributed by atoms with Crippen molar-refractivity contribution in [2.45, 2.75) is 0 Å². The number of ether oxygens (including phenoxy) is 2. The summed E-state index contributed by atoms with van der Waals surface area (Å²) in [5, 5.41) is 0.792. The monoisotopic (exact) mass is 324 g/mol. The minimum atomic E-state index is -0.367. The molecule has 1 rings (SSSR count). The zero-order valence-electron chi connectivity index (χ0n) is 10.8. The van der Waals surface area contributed by atoms with Gasteiger partial charge in [-0.25, -0.2) is 4.79 Å². The summed E-state index contributed by atoms with van der Waals surface area (Å²) < 4.78 is 10.2. The molecule has 0 heterocycles. The van der Waals surface area contributed by atoms with E-state index in [-0.39, 0.29) is 12.6 Å². The van der Waals surface area contributed by atoms with E-state index in [1.165, 1.54) is 7.11 Å². The fourth-order valence-corrected chi connectivity index (χ4v) is 1.67. The van der Waals surface area contributed by atoms with Crippen molar-refractivity contribution in [3.63, 3.8) is 0 Å². The van der Waals surface area contributed by atoms with Crippen LogP contribution in [0, 0.1) is 0 Å². The van der Waals surface area contributed by atoms with Gasteiger partial charge < -0.3 is 9.47 Å². The molecule has 0 saturated carbocycles. The largest absolute Gasteiger partial charge is 0.466 e. The molecule has 0 aliphatic carbocycles. The van der Waals surface area contributed by atoms with Crippen molar-refractivity contribution >= 4 is 28.0 Å². The van der Waals surface area contributed by atoms with Crippen molar-refractivity contribution in [3.05, 3.63) is 53.6 Å². The molecule has 19 heavy (non-hydrogen) atoms. The molecule has 4 heteroatoms. The number of rotatable bonds is 7. The number of allylic oxidation sites excluding steroid dienone is 1. The van der Waals surface area contributed by atoms with Gasteiger partial charge in [0.15, 0.2) is 0 Å². The van der Waals surface area contributed by atoms with Crippen LogP contribution in [-0.4, -0.2) is 31.6 Å². The summed E-state index contributed by atoms with van der Waals surface area (Å²) in [6, 6.07) is 9.61. The first-order chi connectivity index (χ1) is 9.27. The molecule has 0 spiro atoms. The van der Waals surface area contributed by atoms with Crippen LogP contribution >= 0.6 is 15.9 Å². The first-order valence-corrected chi connectivity index (χ1v) is 7.02. The Hall–Kier alpha value is -1.39. The summed E-state index contributed by atoms with van der Waals surface area (Å²) in [6.45, 7) is 0.697. The molecular formula is C15H17BrO3. The van der Waals surface area contributed by atoms with E-state index in [4.69, 9.17) is 9.47 Å². The topological polar surface area (TPSA) is 35.5 Å². The Balaban J connectivity index is 2.65. The molecule has 0 fully saturated rings. The molecular weight excluding hydrogens is 308 g/mol. The van der Waals surface area contributed by atoms with Crippen molar-refractivity contribution in [1.82, 2.24) is 0 Å². The van der Waals surface area contributed by atoms with E-state index in [1.54, 1.807) is 6.08 Å². The number of methoxy groups -OCH3 is 1. The lowest BCUT2D eigenvalue weighted by atomic mass is 10.1. The molecule has 0 aliphatic rings. The molecule has 0 unspecified atom stereocenters. The fraction of sp³-hybridized carbons (Fsp3) is 0.267. The maximum atomic E-state index is 11.6. The van der Waals surface area contributed by atoms with Crippen molar-refractivity contribution in [2.75, 3.05) is 25.7 Å². The zero-order chi connectivity index (χ0) is 13.9. The van der Waals surface area contributed by atoms with Gasteiger partial charge in [0.2, 0.25) is 0 Å². The van der Waals surface area contributed by atoms with Gasteiger partial charge in [-0.2, -0.15) is 0 Å². The smallest absolute Gasteiger partial charge is 0.336 e. The van der Waals surface area contributed by atoms with E-state index in [2.05, 4.69) is 15.9 Å². The number of benzene rings is 1. The van der Waals surface area contributed by atoms with E-state index in [1.807, 2.05) is 42.5 Å². The van der Waals surface area contributed by atoms with Gasteiger partial charge in [-0.1, -0.05) is 58.4 Å². The van der Waals surface area contributed by atoms with E-state index >= 15 is 0 Å². The average Bonchev–Trinajstić information content (AvgIpc) is 2.46. The van der Waals surface area contributed by atoms with E-state index in [0.29, 0.717) is 12.2 Å². The van der Waals surface area contributed by atoms with E-state index in [9.17, 15) is 4.79 Å². The Morgan fingerprint density at radius 2 is 2.00 bits per heavy atom. The summed E-state index contributed by atoms with van der Waals surface area (Å²) in [4.78, 5) is 11.6. The third kappa shape index (κ3) is 6.36. The standard InChI is InChI=1S/C15H17BrO3/c1-18-15(17)14(12-19-10-6-5-9-16)11-13-7-3-2-4-8-13/h2-8,11H,9-10,12H2,1H3/b6-5-,14-11+. The van der Waals surface area contributed by atoms with Crippen LogP contribution in [0.1, 0.15) is 5.56 Å². The Bertz CT molecular complexity index is 438. The predicted octanol–water partition coefficient (Wildman–Crippen LogP) is 3.21. The number of carbonyl (C=O) groups excluding carboxylic acids is 1. The molecule has 0 aliphatic heterocycles. The number of alkyl halides is 1. The predicted molar refractivity (Wildman–Crippen MR) is 80.2 cm³/mol. The van der Waals surface area contributed by atoms with Gasteiger partial charge >= 0.3 is 5.97 Å². The highest BCUT2D eigenvalue weighted by Crippen LogP contribution is 2.08. The maximum absolute atomic E-state index is 11.6. The highest BCUT2D eigenvalue weighted by atomic mass is 79.9. The van der Waals surface area contributed by atoms with E-state index in [0.717, 1.165) is 10.9 Å². The third-order valence-electron chi connectivity index (χ3n) is 2.32. The lowest BCUT2D eigenvalue weighted by Gasteiger charge is -2.06. The quantitative estimate of drug-likeness (QED) is 0.254. The molecule has 0 N–H and O–H groups in total. The van der Waals surface area contributed by atoms with Gasteiger partial charge in [-0.3, -0.25) is 0 Å². The number of carbonyl (C=O) groups is 1. The minimum Gasteiger partial charge on any atom is -0.466 e. The minimum absolute atomic E-state index is 0.230. The molecule has 1 aromatic rings. The maximum Gasteiger partial charge on any atom is 0.336 e. The van der Waals surface area contributed by atoms with Crippen LogP contribution < -0.4 is 0 Å². The van der Waals surface area contributed by atoms with Crippen molar-refractivity contribution in [3.8, 4) is 0 Å². The third-order valence-corrected chi connectivity index (χ3v) is 2.69. The zero-order valence-corrected chi connectivity index (χ0v) is 12.4. The Morgan fingerprint density at radius 3 is 2.63 bits per heavy atom. The first kappa shape index (κ1) is 15.7. The normalized spacial score (nSPS) is 11.8. The summed E-state index contributed by atoms with van der Waals surface area (Å²) in [5.41, 5.74) is 1.45. The molecule has 0 atom stereocenters. The second-order valence-electron chi connectivity index (χ2n) is 3.71. The van der Waals surface area contributed by atoms with Crippen LogP contribution in [0.15, 0.2) is 48.1 Å². The summed E-state index contributed by atoms with van der Waals surface area (Å²) in [5.74, 6) is -0.367. The van der Waals surface area contributed by atoms with Crippen LogP contribution in [0.25, 0.3) is 6.08 Å². The van der Waals surface area contributed by atoms with Crippen molar-refractivity contribution in [2.24, 2.45) is 0 Å². The molecule has 0 amide bonds. The molecule has 1 aromatic carbocycles. The van der Waals surface area contributed by atoms with Gasteiger partial charge in [-0.05, 0) is 11.6 Å². The number of hydrogen-bond donors (Lipinski definition) is 0. The SMILES string of the molecule is COC(=O)/C(=C/c1ccccc1)COC/C=C\CBr. The molecule has 0 aromatic heterocycles. The van der Waals surface area contributed by atoms with Gasteiger partial charge in [0.05, 0.1) is 25.9 Å². The molecule has 0 saturated heterocycles. The fourth-order valence-electron chi connectivity index (χ4n) is 1.41. The lowest BCUT2D eigenvalue weighted by molar-refractivity contribution is -0.136. The van der Waals surface area contributed by atoms with Gasteiger partial charge in [0.25, 0.3) is 0 Å². The highest BCUT2D eigenvalue weighted by molar-refractivity contribution is 9.09. The molecule has 102 valence electrons. The van der Waals surface area contributed by atoms with Crippen LogP contribution in [0.4, 0.5) is 0 Å². The molecule has 0 radical (unpaired) electrons. The highest BCUT2D eigenvalue weighted by Gasteiger charge is 2.09. The van der Waals surface area contributed by atoms with E-state index < -0.39 is 0 Å². The summed E-state index contributed by atoms with van der Waals surface area (Å²) in [6.07, 6.45) is 5.62. The van der Waals surface area contributed by atoms with Gasteiger partial charge in [0, 0.05) is 5.33 Å². The lowest BCUT2D eigenvalue weighted by Crippen LogP contribution is -2.11. The van der Waals surface area contributed by atoms with Crippen LogP contribution in [0.2, 0.25) is 0 Å². The Labute approximate surface area is 122 Å². The van der Waals surface area contributed by atoms with Crippen LogP contribution in [-0.2, 0) is 14.3 Å². The van der Waals surface area contributed by atoms with Gasteiger partial charge in [-0.15, -0.1) is 0 Å². The first-order valence-electron chi connectivity index (χ1n) is 5.90. The number of esters is 1. The van der Waals surface area contributed by atoms with Crippen LogP contribution in [0.5, 0.6) is 0 Å². The second kappa shape index (κ2) is 9.53.